The van der Waals surface area contributed by atoms with E-state index >= 15 is 0 Å². The van der Waals surface area contributed by atoms with E-state index in [-0.39, 0.29) is 39.0 Å². The minimum absolute atomic E-state index is 0.000323. The largest absolute Gasteiger partial charge is 0.354 e. The molecule has 0 heterocycles. The van der Waals surface area contributed by atoms with E-state index in [2.05, 4.69) is 5.32 Å². The van der Waals surface area contributed by atoms with Gasteiger partial charge in [-0.15, -0.1) is 0 Å². The summed E-state index contributed by atoms with van der Waals surface area (Å²) >= 11 is 12.7. The summed E-state index contributed by atoms with van der Waals surface area (Å²) in [6.45, 7) is 7.47. The van der Waals surface area contributed by atoms with E-state index in [1.807, 2.05) is 45.0 Å². The predicted molar refractivity (Wildman–Crippen MR) is 156 cm³/mol. The highest BCUT2D eigenvalue weighted by Crippen LogP contribution is 2.35. The highest BCUT2D eigenvalue weighted by atomic mass is 35.5. The van der Waals surface area contributed by atoms with Crippen molar-refractivity contribution in [3.63, 3.8) is 0 Å². The van der Waals surface area contributed by atoms with Gasteiger partial charge in [-0.2, -0.15) is 0 Å². The standard InChI is InChI=1S/C29H33Cl2N3O4S/c1-20(2)17-32-29(36)22(4)33(18-23-12-9-8-11-21(23)3)27(35)19-34(26-16-10-15-25(30)28(26)31)39(37,38)24-13-6-5-7-14-24/h5-16,20,22H,17-19H2,1-4H3,(H,32,36)/t22-/m1/s1. The van der Waals surface area contributed by atoms with Gasteiger partial charge in [0, 0.05) is 13.1 Å². The van der Waals surface area contributed by atoms with E-state index in [1.54, 1.807) is 31.2 Å². The summed E-state index contributed by atoms with van der Waals surface area (Å²) in [6.07, 6.45) is 0. The van der Waals surface area contributed by atoms with Crippen molar-refractivity contribution in [3.8, 4) is 0 Å². The molecule has 10 heteroatoms. The second kappa shape index (κ2) is 13.3. The number of nitrogens with one attached hydrogen (secondary N) is 1. The molecule has 3 rings (SSSR count). The maximum atomic E-state index is 14.0. The molecule has 0 radical (unpaired) electrons. The highest BCUT2D eigenvalue weighted by molar-refractivity contribution is 7.92. The van der Waals surface area contributed by atoms with Gasteiger partial charge < -0.3 is 10.2 Å². The van der Waals surface area contributed by atoms with Crippen LogP contribution in [0, 0.1) is 12.8 Å². The van der Waals surface area contributed by atoms with Crippen LogP contribution >= 0.6 is 23.2 Å². The Morgan fingerprint density at radius 3 is 2.18 bits per heavy atom. The molecule has 0 bridgehead atoms. The lowest BCUT2D eigenvalue weighted by atomic mass is 10.1. The third-order valence-electron chi connectivity index (χ3n) is 6.26. The summed E-state index contributed by atoms with van der Waals surface area (Å²) in [7, 11) is -4.23. The molecule has 0 saturated carbocycles. The Morgan fingerprint density at radius 1 is 0.897 bits per heavy atom. The van der Waals surface area contributed by atoms with Crippen molar-refractivity contribution < 1.29 is 18.0 Å². The minimum Gasteiger partial charge on any atom is -0.354 e. The van der Waals surface area contributed by atoms with Gasteiger partial charge in [-0.05, 0) is 55.2 Å². The van der Waals surface area contributed by atoms with Crippen LogP contribution in [-0.4, -0.2) is 44.3 Å². The molecule has 0 aliphatic heterocycles. The van der Waals surface area contributed by atoms with E-state index in [4.69, 9.17) is 23.2 Å². The topological polar surface area (TPSA) is 86.8 Å². The molecule has 208 valence electrons. The second-order valence-electron chi connectivity index (χ2n) is 9.66. The number of carbonyl (C=O) groups excluding carboxylic acids is 2. The monoisotopic (exact) mass is 589 g/mol. The minimum atomic E-state index is -4.23. The summed E-state index contributed by atoms with van der Waals surface area (Å²) in [5, 5.41) is 3.02. The van der Waals surface area contributed by atoms with E-state index < -0.39 is 28.5 Å². The summed E-state index contributed by atoms with van der Waals surface area (Å²) in [4.78, 5) is 28.4. The fraction of sp³-hybridized carbons (Fsp3) is 0.310. The molecule has 0 saturated heterocycles. The first-order chi connectivity index (χ1) is 18.4. The average Bonchev–Trinajstić information content (AvgIpc) is 2.91. The molecule has 0 aromatic heterocycles. The van der Waals surface area contributed by atoms with Gasteiger partial charge in [-0.3, -0.25) is 13.9 Å². The third kappa shape index (κ3) is 7.53. The summed E-state index contributed by atoms with van der Waals surface area (Å²) < 4.78 is 28.6. The molecule has 0 unspecified atom stereocenters. The van der Waals surface area contributed by atoms with E-state index in [0.29, 0.717) is 6.54 Å². The molecule has 1 N–H and O–H groups in total. The Morgan fingerprint density at radius 2 is 1.54 bits per heavy atom. The number of rotatable bonds is 11. The molecule has 7 nitrogen and oxygen atoms in total. The maximum absolute atomic E-state index is 14.0. The Bertz CT molecular complexity index is 1420. The van der Waals surface area contributed by atoms with Crippen LogP contribution in [0.15, 0.2) is 77.7 Å². The molecular weight excluding hydrogens is 557 g/mol. The van der Waals surface area contributed by atoms with Crippen molar-refractivity contribution in [1.82, 2.24) is 10.2 Å². The number of sulfonamides is 1. The molecule has 0 aliphatic carbocycles. The van der Waals surface area contributed by atoms with Crippen molar-refractivity contribution in [2.24, 2.45) is 5.92 Å². The number of aryl methyl sites for hydroxylation is 1. The second-order valence-corrected chi connectivity index (χ2v) is 12.3. The number of anilines is 1. The Hall–Kier alpha value is -3.07. The molecule has 0 aliphatic rings. The average molecular weight is 591 g/mol. The zero-order chi connectivity index (χ0) is 28.7. The number of hydrogen-bond acceptors (Lipinski definition) is 4. The van der Waals surface area contributed by atoms with Gasteiger partial charge in [0.2, 0.25) is 11.8 Å². The lowest BCUT2D eigenvalue weighted by molar-refractivity contribution is -0.139. The van der Waals surface area contributed by atoms with Gasteiger partial charge >= 0.3 is 0 Å². The van der Waals surface area contributed by atoms with Crippen LogP contribution < -0.4 is 9.62 Å². The smallest absolute Gasteiger partial charge is 0.264 e. The Labute approximate surface area is 240 Å². The summed E-state index contributed by atoms with van der Waals surface area (Å²) in [6, 6.07) is 19.0. The third-order valence-corrected chi connectivity index (χ3v) is 8.85. The predicted octanol–water partition coefficient (Wildman–Crippen LogP) is 5.69. The quantitative estimate of drug-likeness (QED) is 0.311. The molecule has 0 fully saturated rings. The van der Waals surface area contributed by atoms with Crippen LogP contribution in [0.3, 0.4) is 0 Å². The number of benzene rings is 3. The zero-order valence-corrected chi connectivity index (χ0v) is 24.7. The van der Waals surface area contributed by atoms with Crippen molar-refractivity contribution in [2.75, 3.05) is 17.4 Å². The van der Waals surface area contributed by atoms with Gasteiger partial charge in [0.1, 0.15) is 12.6 Å². The molecule has 39 heavy (non-hydrogen) atoms. The molecule has 3 aromatic rings. The lowest BCUT2D eigenvalue weighted by Gasteiger charge is -2.32. The highest BCUT2D eigenvalue weighted by Gasteiger charge is 2.33. The molecular formula is C29H33Cl2N3O4S. The first-order valence-corrected chi connectivity index (χ1v) is 14.8. The number of halogens is 2. The van der Waals surface area contributed by atoms with Crippen molar-refractivity contribution >= 4 is 50.7 Å². The normalized spacial score (nSPS) is 12.2. The van der Waals surface area contributed by atoms with Crippen molar-refractivity contribution in [1.29, 1.82) is 0 Å². The molecule has 3 aromatic carbocycles. The van der Waals surface area contributed by atoms with Gasteiger partial charge in [0.05, 0.1) is 20.6 Å². The maximum Gasteiger partial charge on any atom is 0.264 e. The Balaban J connectivity index is 2.05. The number of carbonyl (C=O) groups is 2. The summed E-state index contributed by atoms with van der Waals surface area (Å²) in [5.41, 5.74) is 1.85. The lowest BCUT2D eigenvalue weighted by Crippen LogP contribution is -2.51. The fourth-order valence-corrected chi connectivity index (χ4v) is 5.82. The molecule has 2 amide bonds. The van der Waals surface area contributed by atoms with Crippen LogP contribution in [-0.2, 0) is 26.2 Å². The van der Waals surface area contributed by atoms with Crippen LogP contribution in [0.5, 0.6) is 0 Å². The number of amides is 2. The van der Waals surface area contributed by atoms with E-state index in [1.165, 1.54) is 29.2 Å². The van der Waals surface area contributed by atoms with Crippen LogP contribution in [0.4, 0.5) is 5.69 Å². The number of hydrogen-bond donors (Lipinski definition) is 1. The van der Waals surface area contributed by atoms with Gasteiger partial charge in [-0.25, -0.2) is 8.42 Å². The van der Waals surface area contributed by atoms with Crippen molar-refractivity contribution in [2.45, 2.75) is 45.2 Å². The van der Waals surface area contributed by atoms with Crippen LogP contribution in [0.1, 0.15) is 31.9 Å². The van der Waals surface area contributed by atoms with Gasteiger partial charge in [0.25, 0.3) is 10.0 Å². The van der Waals surface area contributed by atoms with E-state index in [9.17, 15) is 18.0 Å². The van der Waals surface area contributed by atoms with E-state index in [0.717, 1.165) is 15.4 Å². The summed E-state index contributed by atoms with van der Waals surface area (Å²) in [5.74, 6) is -0.678. The van der Waals surface area contributed by atoms with Gasteiger partial charge in [0.15, 0.2) is 0 Å². The van der Waals surface area contributed by atoms with Crippen LogP contribution in [0.25, 0.3) is 0 Å². The van der Waals surface area contributed by atoms with Gasteiger partial charge in [-0.1, -0.05) is 85.6 Å². The van der Waals surface area contributed by atoms with Crippen LogP contribution in [0.2, 0.25) is 10.0 Å². The Kier molecular flexibility index (Phi) is 10.4. The zero-order valence-electron chi connectivity index (χ0n) is 22.4. The fourth-order valence-electron chi connectivity index (χ4n) is 3.92. The molecule has 1 atom stereocenters. The number of nitrogens with zero attached hydrogens (tertiary/aromatic N) is 2. The van der Waals surface area contributed by atoms with Crippen molar-refractivity contribution in [3.05, 3.63) is 94.0 Å². The molecule has 0 spiro atoms. The first kappa shape index (κ1) is 30.5. The SMILES string of the molecule is Cc1ccccc1CN(C(=O)CN(c1cccc(Cl)c1Cl)S(=O)(=O)c1ccccc1)[C@H](C)C(=O)NCC(C)C. The first-order valence-electron chi connectivity index (χ1n) is 12.6.